The summed E-state index contributed by atoms with van der Waals surface area (Å²) in [4.78, 5) is 0. The van der Waals surface area contributed by atoms with Crippen molar-refractivity contribution in [1.29, 1.82) is 0 Å². The van der Waals surface area contributed by atoms with Crippen molar-refractivity contribution in [2.24, 2.45) is 5.92 Å². The van der Waals surface area contributed by atoms with Crippen molar-refractivity contribution in [3.05, 3.63) is 24.3 Å². The fourth-order valence-electron chi connectivity index (χ4n) is 1.80. The third kappa shape index (κ3) is 4.65. The highest BCUT2D eigenvalue weighted by Gasteiger charge is 2.07. The van der Waals surface area contributed by atoms with E-state index in [9.17, 15) is 0 Å². The van der Waals surface area contributed by atoms with E-state index in [1.165, 1.54) is 6.42 Å². The number of rotatable bonds is 8. The minimum absolute atomic E-state index is 0.648. The number of hydrogen-bond acceptors (Lipinski definition) is 3. The van der Waals surface area contributed by atoms with Gasteiger partial charge in [0.25, 0.3) is 0 Å². The Kier molecular flexibility index (Phi) is 6.48. The van der Waals surface area contributed by atoms with E-state index >= 15 is 0 Å². The van der Waals surface area contributed by atoms with Gasteiger partial charge in [-0.05, 0) is 38.6 Å². The van der Waals surface area contributed by atoms with Gasteiger partial charge in [0.15, 0.2) is 0 Å². The molecule has 3 heteroatoms. The molecule has 0 aliphatic carbocycles. The van der Waals surface area contributed by atoms with Crippen LogP contribution >= 0.6 is 0 Å². The molecule has 0 aliphatic rings. The van der Waals surface area contributed by atoms with Crippen molar-refractivity contribution in [1.82, 2.24) is 5.32 Å². The number of anilines is 1. The Labute approximate surface area is 105 Å². The second-order valence-corrected chi connectivity index (χ2v) is 4.14. The second kappa shape index (κ2) is 7.96. The van der Waals surface area contributed by atoms with Crippen LogP contribution in [0.4, 0.5) is 5.69 Å². The molecule has 0 radical (unpaired) electrons. The Morgan fingerprint density at radius 3 is 2.59 bits per heavy atom. The molecule has 0 bridgehead atoms. The maximum Gasteiger partial charge on any atom is 0.142 e. The summed E-state index contributed by atoms with van der Waals surface area (Å²) < 4.78 is 5.58. The molecule has 0 heterocycles. The molecule has 1 rings (SSSR count). The number of para-hydroxylation sites is 2. The molecule has 0 fully saturated rings. The Morgan fingerprint density at radius 2 is 1.94 bits per heavy atom. The van der Waals surface area contributed by atoms with Crippen LogP contribution in [0.5, 0.6) is 5.75 Å². The molecule has 17 heavy (non-hydrogen) atoms. The quantitative estimate of drug-likeness (QED) is 0.728. The third-order valence-electron chi connectivity index (χ3n) is 2.84. The van der Waals surface area contributed by atoms with Crippen LogP contribution in [-0.2, 0) is 0 Å². The molecule has 0 aromatic heterocycles. The number of ether oxygens (including phenoxy) is 1. The molecule has 0 saturated carbocycles. The summed E-state index contributed by atoms with van der Waals surface area (Å²) in [5.74, 6) is 1.59. The number of nitrogens with one attached hydrogen (secondary N) is 2. The monoisotopic (exact) mass is 236 g/mol. The smallest absolute Gasteiger partial charge is 0.142 e. The lowest BCUT2D eigenvalue weighted by atomic mass is 10.1. The third-order valence-corrected chi connectivity index (χ3v) is 2.84. The van der Waals surface area contributed by atoms with Gasteiger partial charge in [-0.1, -0.05) is 25.5 Å². The molecule has 2 N–H and O–H groups in total. The lowest BCUT2D eigenvalue weighted by Gasteiger charge is -2.17. The molecular weight excluding hydrogens is 212 g/mol. The molecule has 0 spiro atoms. The zero-order chi connectivity index (χ0) is 12.5. The van der Waals surface area contributed by atoms with Gasteiger partial charge in [-0.15, -0.1) is 0 Å². The minimum atomic E-state index is 0.648. The molecule has 1 aromatic rings. The van der Waals surface area contributed by atoms with Gasteiger partial charge < -0.3 is 15.4 Å². The Hall–Kier alpha value is -1.22. The maximum absolute atomic E-state index is 5.58. The first-order chi connectivity index (χ1) is 8.31. The van der Waals surface area contributed by atoms with Gasteiger partial charge in [0.2, 0.25) is 0 Å². The van der Waals surface area contributed by atoms with Crippen LogP contribution < -0.4 is 15.4 Å². The van der Waals surface area contributed by atoms with Crippen molar-refractivity contribution < 1.29 is 4.74 Å². The minimum Gasteiger partial charge on any atom is -0.492 e. The Balaban J connectivity index is 2.55. The summed E-state index contributed by atoms with van der Waals surface area (Å²) >= 11 is 0. The average Bonchev–Trinajstić information content (AvgIpc) is 2.36. The second-order valence-electron chi connectivity index (χ2n) is 4.14. The van der Waals surface area contributed by atoms with E-state index in [1.807, 2.05) is 32.2 Å². The van der Waals surface area contributed by atoms with Crippen molar-refractivity contribution >= 4 is 5.69 Å². The topological polar surface area (TPSA) is 33.3 Å². The SMILES string of the molecule is CCOc1ccccc1NCC(CC)CNC. The number of benzene rings is 1. The van der Waals surface area contributed by atoms with Gasteiger partial charge in [-0.3, -0.25) is 0 Å². The van der Waals surface area contributed by atoms with Crippen LogP contribution in [0, 0.1) is 5.92 Å². The Bertz CT molecular complexity index is 315. The van der Waals surface area contributed by atoms with Gasteiger partial charge in [-0.25, -0.2) is 0 Å². The molecule has 3 nitrogen and oxygen atoms in total. The maximum atomic E-state index is 5.58. The van der Waals surface area contributed by atoms with Crippen LogP contribution in [0.3, 0.4) is 0 Å². The van der Waals surface area contributed by atoms with E-state index in [0.29, 0.717) is 12.5 Å². The molecule has 1 atom stereocenters. The Morgan fingerprint density at radius 1 is 1.18 bits per heavy atom. The van der Waals surface area contributed by atoms with Crippen molar-refractivity contribution in [3.8, 4) is 5.75 Å². The molecule has 0 amide bonds. The van der Waals surface area contributed by atoms with E-state index in [0.717, 1.165) is 24.5 Å². The van der Waals surface area contributed by atoms with E-state index < -0.39 is 0 Å². The fourth-order valence-corrected chi connectivity index (χ4v) is 1.80. The lowest BCUT2D eigenvalue weighted by Crippen LogP contribution is -2.24. The molecule has 0 saturated heterocycles. The van der Waals surface area contributed by atoms with Crippen LogP contribution in [0.25, 0.3) is 0 Å². The molecule has 0 aliphatic heterocycles. The van der Waals surface area contributed by atoms with Gasteiger partial charge in [0.05, 0.1) is 12.3 Å². The van der Waals surface area contributed by atoms with Gasteiger partial charge in [0, 0.05) is 6.54 Å². The summed E-state index contributed by atoms with van der Waals surface area (Å²) in [6, 6.07) is 8.10. The average molecular weight is 236 g/mol. The molecule has 1 aromatic carbocycles. The van der Waals surface area contributed by atoms with Crippen LogP contribution in [0.15, 0.2) is 24.3 Å². The molecule has 96 valence electrons. The van der Waals surface area contributed by atoms with E-state index in [4.69, 9.17) is 4.74 Å². The summed E-state index contributed by atoms with van der Waals surface area (Å²) in [6.45, 7) is 6.94. The van der Waals surface area contributed by atoms with Crippen molar-refractivity contribution in [2.75, 3.05) is 32.1 Å². The zero-order valence-electron chi connectivity index (χ0n) is 11.1. The van der Waals surface area contributed by atoms with E-state index in [1.54, 1.807) is 0 Å². The largest absolute Gasteiger partial charge is 0.492 e. The summed E-state index contributed by atoms with van der Waals surface area (Å²) in [6.07, 6.45) is 1.17. The van der Waals surface area contributed by atoms with Gasteiger partial charge in [0.1, 0.15) is 5.75 Å². The first-order valence-electron chi connectivity index (χ1n) is 6.42. The van der Waals surface area contributed by atoms with Crippen LogP contribution in [-0.4, -0.2) is 26.7 Å². The summed E-state index contributed by atoms with van der Waals surface area (Å²) in [7, 11) is 2.00. The number of hydrogen-bond donors (Lipinski definition) is 2. The van der Waals surface area contributed by atoms with E-state index in [-0.39, 0.29) is 0 Å². The zero-order valence-corrected chi connectivity index (χ0v) is 11.1. The molecule has 1 unspecified atom stereocenters. The fraction of sp³-hybridized carbons (Fsp3) is 0.571. The van der Waals surface area contributed by atoms with Gasteiger partial charge >= 0.3 is 0 Å². The predicted molar refractivity (Wildman–Crippen MR) is 73.8 cm³/mol. The highest BCUT2D eigenvalue weighted by Crippen LogP contribution is 2.23. The van der Waals surface area contributed by atoms with Crippen LogP contribution in [0.2, 0.25) is 0 Å². The standard InChI is InChI=1S/C14H24N2O/c1-4-12(10-15-3)11-16-13-8-6-7-9-14(13)17-5-2/h6-9,12,15-16H,4-5,10-11H2,1-3H3. The highest BCUT2D eigenvalue weighted by atomic mass is 16.5. The first-order valence-corrected chi connectivity index (χ1v) is 6.42. The first kappa shape index (κ1) is 13.8. The lowest BCUT2D eigenvalue weighted by molar-refractivity contribution is 0.341. The summed E-state index contributed by atoms with van der Waals surface area (Å²) in [5.41, 5.74) is 1.09. The van der Waals surface area contributed by atoms with Crippen molar-refractivity contribution in [3.63, 3.8) is 0 Å². The van der Waals surface area contributed by atoms with Crippen molar-refractivity contribution in [2.45, 2.75) is 20.3 Å². The highest BCUT2D eigenvalue weighted by molar-refractivity contribution is 5.56. The predicted octanol–water partition coefficient (Wildman–Crippen LogP) is 2.74. The normalized spacial score (nSPS) is 12.2. The van der Waals surface area contributed by atoms with E-state index in [2.05, 4.69) is 23.6 Å². The van der Waals surface area contributed by atoms with Crippen LogP contribution in [0.1, 0.15) is 20.3 Å². The molecular formula is C14H24N2O. The summed E-state index contributed by atoms with van der Waals surface area (Å²) in [5, 5.41) is 6.69. The van der Waals surface area contributed by atoms with Gasteiger partial charge in [-0.2, -0.15) is 0 Å².